The second-order valence-corrected chi connectivity index (χ2v) is 10.2. The first kappa shape index (κ1) is 26.4. The fourth-order valence-corrected chi connectivity index (χ4v) is 5.13. The van der Waals surface area contributed by atoms with Gasteiger partial charge in [0, 0.05) is 44.8 Å². The van der Waals surface area contributed by atoms with Crippen LogP contribution in [0.25, 0.3) is 22.3 Å². The molecule has 0 saturated carbocycles. The summed E-state index contributed by atoms with van der Waals surface area (Å²) >= 11 is 0. The van der Waals surface area contributed by atoms with Crippen LogP contribution in [0.3, 0.4) is 0 Å². The first-order chi connectivity index (χ1) is 18.4. The summed E-state index contributed by atoms with van der Waals surface area (Å²) in [6, 6.07) is 10.0. The van der Waals surface area contributed by atoms with Gasteiger partial charge in [0.15, 0.2) is 5.65 Å². The van der Waals surface area contributed by atoms with Crippen LogP contribution in [0, 0.1) is 0 Å². The second kappa shape index (κ2) is 11.3. The van der Waals surface area contributed by atoms with Gasteiger partial charge in [0.05, 0.1) is 55.9 Å². The molecule has 3 unspecified atom stereocenters. The topological polar surface area (TPSA) is 96.3 Å². The minimum absolute atomic E-state index is 0.0426. The standard InChI is InChI=1S/C28H38N6O4/c1-18(17-35)32(4)24-14-21(6-9-25(24)36-5)23-8-7-22-26(29-23)30-28(34-15-19(2)38-20(3)16-34)31-27(22)33-10-12-37-13-11-33/h6-9,14,18-20,35H,10-13,15-17H2,1-5H3. The predicted octanol–water partition coefficient (Wildman–Crippen LogP) is 2.97. The van der Waals surface area contributed by atoms with E-state index >= 15 is 0 Å². The van der Waals surface area contributed by atoms with Gasteiger partial charge in [-0.2, -0.15) is 9.97 Å². The van der Waals surface area contributed by atoms with Crippen LogP contribution < -0.4 is 19.4 Å². The lowest BCUT2D eigenvalue weighted by atomic mass is 10.1. The van der Waals surface area contributed by atoms with Crippen molar-refractivity contribution in [2.75, 3.05) is 74.9 Å². The Bertz CT molecular complexity index is 1260. The average Bonchev–Trinajstić information content (AvgIpc) is 2.95. The lowest BCUT2D eigenvalue weighted by Gasteiger charge is -2.36. The highest BCUT2D eigenvalue weighted by atomic mass is 16.5. The van der Waals surface area contributed by atoms with Gasteiger partial charge in [0.2, 0.25) is 5.95 Å². The number of morpholine rings is 2. The van der Waals surface area contributed by atoms with Crippen LogP contribution in [-0.4, -0.2) is 98.5 Å². The molecule has 2 saturated heterocycles. The summed E-state index contributed by atoms with van der Waals surface area (Å²) in [5.74, 6) is 2.32. The average molecular weight is 523 g/mol. The zero-order chi connectivity index (χ0) is 26.8. The van der Waals surface area contributed by atoms with E-state index in [1.807, 2.05) is 37.1 Å². The van der Waals surface area contributed by atoms with Crippen molar-refractivity contribution in [3.05, 3.63) is 30.3 Å². The van der Waals surface area contributed by atoms with Crippen molar-refractivity contribution in [2.45, 2.75) is 39.0 Å². The lowest BCUT2D eigenvalue weighted by Crippen LogP contribution is -2.46. The third kappa shape index (κ3) is 5.34. The number of anilines is 3. The molecule has 0 spiro atoms. The summed E-state index contributed by atoms with van der Waals surface area (Å²) < 4.78 is 17.2. The molecule has 4 heterocycles. The monoisotopic (exact) mass is 522 g/mol. The number of hydrogen-bond donors (Lipinski definition) is 1. The Morgan fingerprint density at radius 2 is 1.79 bits per heavy atom. The van der Waals surface area contributed by atoms with Crippen LogP contribution in [0.15, 0.2) is 30.3 Å². The van der Waals surface area contributed by atoms with E-state index in [-0.39, 0.29) is 24.9 Å². The highest BCUT2D eigenvalue weighted by Crippen LogP contribution is 2.35. The maximum absolute atomic E-state index is 9.70. The van der Waals surface area contributed by atoms with Gasteiger partial charge in [-0.25, -0.2) is 4.98 Å². The zero-order valence-electron chi connectivity index (χ0n) is 22.9. The number of fused-ring (bicyclic) bond motifs is 1. The largest absolute Gasteiger partial charge is 0.495 e. The molecule has 204 valence electrons. The van der Waals surface area contributed by atoms with Crippen LogP contribution in [-0.2, 0) is 9.47 Å². The third-order valence-corrected chi connectivity index (χ3v) is 7.32. The second-order valence-electron chi connectivity index (χ2n) is 10.2. The summed E-state index contributed by atoms with van der Waals surface area (Å²) in [4.78, 5) is 21.5. The number of nitrogens with zero attached hydrogens (tertiary/aromatic N) is 6. The Labute approximate surface area is 224 Å². The minimum atomic E-state index is -0.0617. The van der Waals surface area contributed by atoms with Crippen molar-refractivity contribution in [3.63, 3.8) is 0 Å². The molecule has 5 rings (SSSR count). The Hall–Kier alpha value is -3.21. The number of aliphatic hydroxyl groups is 1. The van der Waals surface area contributed by atoms with E-state index in [9.17, 15) is 5.11 Å². The summed E-state index contributed by atoms with van der Waals surface area (Å²) in [6.07, 6.45) is 0.195. The molecular weight excluding hydrogens is 484 g/mol. The maximum Gasteiger partial charge on any atom is 0.229 e. The fourth-order valence-electron chi connectivity index (χ4n) is 5.13. The molecule has 1 aromatic carbocycles. The molecule has 2 aromatic heterocycles. The molecule has 10 nitrogen and oxygen atoms in total. The quantitative estimate of drug-likeness (QED) is 0.499. The summed E-state index contributed by atoms with van der Waals surface area (Å²) in [5, 5.41) is 10.6. The van der Waals surface area contributed by atoms with Crippen molar-refractivity contribution in [1.29, 1.82) is 0 Å². The van der Waals surface area contributed by atoms with Gasteiger partial charge in [-0.1, -0.05) is 0 Å². The normalized spacial score (nSPS) is 21.0. The van der Waals surface area contributed by atoms with Crippen LogP contribution in [0.1, 0.15) is 20.8 Å². The number of aromatic nitrogens is 3. The van der Waals surface area contributed by atoms with Gasteiger partial charge < -0.3 is 34.0 Å². The van der Waals surface area contributed by atoms with Gasteiger partial charge >= 0.3 is 0 Å². The molecule has 0 bridgehead atoms. The Balaban J connectivity index is 1.60. The molecule has 3 atom stereocenters. The van der Waals surface area contributed by atoms with Crippen molar-refractivity contribution in [3.8, 4) is 17.0 Å². The third-order valence-electron chi connectivity index (χ3n) is 7.32. The first-order valence-electron chi connectivity index (χ1n) is 13.3. The van der Waals surface area contributed by atoms with Crippen molar-refractivity contribution in [2.24, 2.45) is 0 Å². The van der Waals surface area contributed by atoms with Crippen LogP contribution in [0.2, 0.25) is 0 Å². The van der Waals surface area contributed by atoms with E-state index in [1.165, 1.54) is 0 Å². The number of rotatable bonds is 7. The van der Waals surface area contributed by atoms with Gasteiger partial charge in [-0.05, 0) is 51.1 Å². The Morgan fingerprint density at radius 3 is 2.47 bits per heavy atom. The smallest absolute Gasteiger partial charge is 0.229 e. The SMILES string of the molecule is COc1ccc(-c2ccc3c(N4CCOCC4)nc(N4CC(C)OC(C)C4)nc3n2)cc1N(C)C(C)CO. The van der Waals surface area contributed by atoms with Crippen LogP contribution in [0.4, 0.5) is 17.5 Å². The Kier molecular flexibility index (Phi) is 7.83. The van der Waals surface area contributed by atoms with Crippen LogP contribution in [0.5, 0.6) is 5.75 Å². The van der Waals surface area contributed by atoms with Crippen molar-refractivity contribution in [1.82, 2.24) is 15.0 Å². The molecule has 3 aromatic rings. The molecule has 2 aliphatic rings. The molecule has 38 heavy (non-hydrogen) atoms. The molecule has 0 aliphatic carbocycles. The highest BCUT2D eigenvalue weighted by Gasteiger charge is 2.27. The van der Waals surface area contributed by atoms with Crippen molar-refractivity contribution >= 4 is 28.5 Å². The van der Waals surface area contributed by atoms with E-state index in [1.54, 1.807) is 7.11 Å². The molecular formula is C28H38N6O4. The molecule has 2 fully saturated rings. The van der Waals surface area contributed by atoms with Gasteiger partial charge in [0.1, 0.15) is 11.6 Å². The summed E-state index contributed by atoms with van der Waals surface area (Å²) in [7, 11) is 3.61. The van der Waals surface area contributed by atoms with E-state index in [0.717, 1.165) is 60.1 Å². The van der Waals surface area contributed by atoms with E-state index < -0.39 is 0 Å². The van der Waals surface area contributed by atoms with E-state index in [0.29, 0.717) is 24.8 Å². The molecule has 1 N–H and O–H groups in total. The van der Waals surface area contributed by atoms with E-state index in [2.05, 4.69) is 35.8 Å². The summed E-state index contributed by atoms with van der Waals surface area (Å²) in [6.45, 7) is 10.5. The maximum atomic E-state index is 9.70. The molecule has 0 radical (unpaired) electrons. The Morgan fingerprint density at radius 1 is 1.05 bits per heavy atom. The predicted molar refractivity (Wildman–Crippen MR) is 150 cm³/mol. The minimum Gasteiger partial charge on any atom is -0.495 e. The summed E-state index contributed by atoms with van der Waals surface area (Å²) in [5.41, 5.74) is 3.31. The van der Waals surface area contributed by atoms with Gasteiger partial charge in [-0.15, -0.1) is 0 Å². The molecule has 0 amide bonds. The fraction of sp³-hybridized carbons (Fsp3) is 0.536. The number of ether oxygens (including phenoxy) is 3. The van der Waals surface area contributed by atoms with Gasteiger partial charge in [0.25, 0.3) is 0 Å². The molecule has 10 heteroatoms. The number of benzene rings is 1. The highest BCUT2D eigenvalue weighted by molar-refractivity contribution is 5.90. The number of likely N-dealkylation sites (N-methyl/N-ethyl adjacent to an activating group) is 1. The first-order valence-corrected chi connectivity index (χ1v) is 13.3. The number of hydrogen-bond acceptors (Lipinski definition) is 10. The zero-order valence-corrected chi connectivity index (χ0v) is 22.9. The van der Waals surface area contributed by atoms with Gasteiger partial charge in [-0.3, -0.25) is 0 Å². The van der Waals surface area contributed by atoms with Crippen LogP contribution >= 0.6 is 0 Å². The lowest BCUT2D eigenvalue weighted by molar-refractivity contribution is -0.00570. The number of methoxy groups -OCH3 is 1. The van der Waals surface area contributed by atoms with Crippen molar-refractivity contribution < 1.29 is 19.3 Å². The number of pyridine rings is 1. The van der Waals surface area contributed by atoms with E-state index in [4.69, 9.17) is 29.2 Å². The number of aliphatic hydroxyl groups excluding tert-OH is 1. The molecule has 2 aliphatic heterocycles.